The van der Waals surface area contributed by atoms with Crippen molar-refractivity contribution in [2.75, 3.05) is 6.61 Å². The standard InChI is InChI=1S/C61H88O19/c1-27-15-34-7-9-40-28(2)16-36(67-40)11-13-60-25-49-56(79-60)57-58(75-49)59(80-60)55-41(72-57)10-8-35(70-55)20-50(66)76-54-32(6)53-46(71-45(54)22-42(68-34)31(27)5)23-44-47(74-53)24-61(77-44)26-48-52(78-61)30(4)18-37(69-48)17-29(3)51-39(65)21-38(64)43(73-51)19-33(63)12-14-62/h27,29-30,32,34-49,51-59,62,64-65H,2,5,7-26H2,1,3-4,6H3/t27-,29+,30+,32+,34+,35-,36+,37-,38-,39+,40+,41+,42-,43-,44-,45+,46+,47-,48+,49-,51+,52+,53+,54-,55+,56-,57+,58-,59+,60-,61+/m1/s1. The van der Waals surface area contributed by atoms with Gasteiger partial charge in [-0.25, -0.2) is 0 Å². The van der Waals surface area contributed by atoms with Crippen molar-refractivity contribution in [1.29, 1.82) is 0 Å². The van der Waals surface area contributed by atoms with E-state index >= 15 is 0 Å². The van der Waals surface area contributed by atoms with E-state index in [0.29, 0.717) is 57.8 Å². The van der Waals surface area contributed by atoms with Crippen molar-refractivity contribution in [3.63, 3.8) is 0 Å². The highest BCUT2D eigenvalue weighted by atomic mass is 16.8. The van der Waals surface area contributed by atoms with E-state index in [1.165, 1.54) is 0 Å². The molecule has 12 bridgehead atoms. The van der Waals surface area contributed by atoms with Crippen LogP contribution in [0.15, 0.2) is 24.3 Å². The number of aliphatic hydroxyl groups is 3. The Labute approximate surface area is 469 Å². The van der Waals surface area contributed by atoms with Crippen LogP contribution in [0.25, 0.3) is 0 Å². The molecule has 15 heterocycles. The molecule has 0 unspecified atom stereocenters. The van der Waals surface area contributed by atoms with E-state index in [1.807, 2.05) is 6.92 Å². The van der Waals surface area contributed by atoms with Crippen LogP contribution in [0.3, 0.4) is 0 Å². The lowest BCUT2D eigenvalue weighted by Crippen LogP contribution is -2.62. The first-order valence-electron chi connectivity index (χ1n) is 31.1. The molecule has 15 saturated heterocycles. The molecule has 0 aliphatic carbocycles. The molecular weight excluding hydrogens is 1040 g/mol. The highest BCUT2D eigenvalue weighted by molar-refractivity contribution is 5.79. The van der Waals surface area contributed by atoms with Crippen molar-refractivity contribution in [2.24, 2.45) is 23.7 Å². The predicted molar refractivity (Wildman–Crippen MR) is 280 cm³/mol. The number of ether oxygens (including phenoxy) is 14. The number of hydrogen-bond donors (Lipinski definition) is 3. The van der Waals surface area contributed by atoms with Crippen molar-refractivity contribution < 1.29 is 91.2 Å². The monoisotopic (exact) mass is 1120 g/mol. The Hall–Kier alpha value is -2.02. The van der Waals surface area contributed by atoms with Gasteiger partial charge >= 0.3 is 5.97 Å². The van der Waals surface area contributed by atoms with Gasteiger partial charge in [-0.1, -0.05) is 40.9 Å². The maximum absolute atomic E-state index is 14.6. The maximum atomic E-state index is 14.6. The van der Waals surface area contributed by atoms with Crippen LogP contribution in [0.2, 0.25) is 0 Å². The van der Waals surface area contributed by atoms with E-state index in [4.69, 9.17) is 66.3 Å². The maximum Gasteiger partial charge on any atom is 0.308 e. The van der Waals surface area contributed by atoms with E-state index in [2.05, 4.69) is 33.9 Å². The van der Waals surface area contributed by atoms with Crippen LogP contribution < -0.4 is 0 Å². The van der Waals surface area contributed by atoms with Crippen LogP contribution in [0.4, 0.5) is 0 Å². The number of ketones is 1. The van der Waals surface area contributed by atoms with Crippen LogP contribution in [-0.2, 0) is 75.9 Å². The molecule has 31 atom stereocenters. The van der Waals surface area contributed by atoms with Gasteiger partial charge in [-0.3, -0.25) is 9.59 Å². The van der Waals surface area contributed by atoms with Crippen LogP contribution in [0, 0.1) is 23.7 Å². The molecule has 15 rings (SSSR count). The van der Waals surface area contributed by atoms with Gasteiger partial charge in [-0.15, -0.1) is 0 Å². The predicted octanol–water partition coefficient (Wildman–Crippen LogP) is 5.16. The number of Topliss-reactive ketones (excluding diaryl/α,β-unsaturated/α-hetero) is 1. The van der Waals surface area contributed by atoms with Gasteiger partial charge in [0, 0.05) is 70.3 Å². The Bertz CT molecular complexity index is 2340. The minimum absolute atomic E-state index is 0.00326. The first kappa shape index (κ1) is 55.8. The Kier molecular flexibility index (Phi) is 15.2. The van der Waals surface area contributed by atoms with Crippen molar-refractivity contribution in [3.8, 4) is 0 Å². The van der Waals surface area contributed by atoms with E-state index in [1.54, 1.807) is 0 Å². The fourth-order valence-electron chi connectivity index (χ4n) is 17.7. The molecule has 15 aliphatic rings. The fourth-order valence-corrected chi connectivity index (χ4v) is 17.7. The average Bonchev–Trinajstić information content (AvgIpc) is 3.99. The minimum Gasteiger partial charge on any atom is -0.459 e. The van der Waals surface area contributed by atoms with Gasteiger partial charge < -0.3 is 81.6 Å². The van der Waals surface area contributed by atoms with E-state index in [-0.39, 0.29) is 165 Å². The molecule has 3 N–H and O–H groups in total. The topological polar surface area (TPSA) is 224 Å². The lowest BCUT2D eigenvalue weighted by Gasteiger charge is -2.50. The SMILES string of the molecule is C=C1C[C@@H]2CC[C@]34C[C@H]5O[C@H]6[C@@H](O3)[C@H]3O[C@H](CC[C@@H]3O[C@H]6[C@@H]5O4)CC(=O)O[C@@H]3[C@@H](C)[C@@H]4O[C@@H]5C[C@]6(C[C@@H]7O[C@H](C[C@H](C)[C@@H]8O[C@H](CC(=O)CCO)[C@H](O)C[C@@H]8O)C[C@H](C)[C@@H]7O6)O[C@@H]5C[C@@H]4O[C@H]3C[C@H]3O[C@@H](CC[C@@H]1O2)C[C@@H](C)C3=C. The normalized spacial score (nSPS) is 54.7. The second-order valence-corrected chi connectivity index (χ2v) is 27.4. The molecule has 15 aliphatic heterocycles. The Morgan fingerprint density at radius 1 is 0.600 bits per heavy atom. The van der Waals surface area contributed by atoms with Gasteiger partial charge in [0.2, 0.25) is 0 Å². The summed E-state index contributed by atoms with van der Waals surface area (Å²) in [4.78, 5) is 26.9. The zero-order chi connectivity index (χ0) is 55.1. The lowest BCUT2D eigenvalue weighted by molar-refractivity contribution is -0.293. The summed E-state index contributed by atoms with van der Waals surface area (Å²) >= 11 is 0. The van der Waals surface area contributed by atoms with Gasteiger partial charge in [0.25, 0.3) is 0 Å². The van der Waals surface area contributed by atoms with Crippen LogP contribution in [-0.4, -0.2) is 198 Å². The molecule has 15 fully saturated rings. The molecule has 80 heavy (non-hydrogen) atoms. The van der Waals surface area contributed by atoms with Crippen molar-refractivity contribution >= 4 is 11.8 Å². The zero-order valence-electron chi connectivity index (χ0n) is 47.2. The summed E-state index contributed by atoms with van der Waals surface area (Å²) in [5.74, 6) is -2.27. The highest BCUT2D eigenvalue weighted by Crippen LogP contribution is 2.56. The van der Waals surface area contributed by atoms with E-state index in [9.17, 15) is 24.9 Å². The largest absolute Gasteiger partial charge is 0.459 e. The summed E-state index contributed by atoms with van der Waals surface area (Å²) in [6.07, 6.45) is 1.49. The fraction of sp³-hybridized carbons (Fsp3) is 0.902. The zero-order valence-corrected chi connectivity index (χ0v) is 47.2. The second-order valence-electron chi connectivity index (χ2n) is 27.4. The summed E-state index contributed by atoms with van der Waals surface area (Å²) in [6, 6.07) is 0. The van der Waals surface area contributed by atoms with E-state index in [0.717, 1.165) is 49.7 Å². The van der Waals surface area contributed by atoms with E-state index < -0.39 is 66.5 Å². The Morgan fingerprint density at radius 2 is 1.31 bits per heavy atom. The van der Waals surface area contributed by atoms with Gasteiger partial charge in [0.05, 0.1) is 122 Å². The Balaban J connectivity index is 0.669. The van der Waals surface area contributed by atoms with Gasteiger partial charge in [-0.2, -0.15) is 0 Å². The summed E-state index contributed by atoms with van der Waals surface area (Å²) in [6.45, 7) is 17.4. The molecule has 0 saturated carbocycles. The molecule has 446 valence electrons. The summed E-state index contributed by atoms with van der Waals surface area (Å²) in [7, 11) is 0. The summed E-state index contributed by atoms with van der Waals surface area (Å²) in [5, 5.41) is 31.0. The summed E-state index contributed by atoms with van der Waals surface area (Å²) in [5.41, 5.74) is 2.14. The first-order chi connectivity index (χ1) is 38.5. The van der Waals surface area contributed by atoms with Crippen LogP contribution >= 0.6 is 0 Å². The van der Waals surface area contributed by atoms with Crippen molar-refractivity contribution in [1.82, 2.24) is 0 Å². The molecule has 19 heteroatoms. The van der Waals surface area contributed by atoms with Gasteiger partial charge in [0.15, 0.2) is 11.6 Å². The number of aliphatic hydroxyl groups excluding tert-OH is 3. The number of esters is 1. The Morgan fingerprint density at radius 3 is 2.16 bits per heavy atom. The molecule has 2 spiro atoms. The van der Waals surface area contributed by atoms with Gasteiger partial charge in [-0.05, 0) is 86.7 Å². The number of hydrogen-bond acceptors (Lipinski definition) is 19. The first-order valence-corrected chi connectivity index (χ1v) is 31.1. The molecular formula is C61H88O19. The molecule has 0 amide bonds. The third-order valence-corrected chi connectivity index (χ3v) is 21.7. The van der Waals surface area contributed by atoms with Crippen molar-refractivity contribution in [2.45, 2.75) is 314 Å². The highest BCUT2D eigenvalue weighted by Gasteiger charge is 2.69. The van der Waals surface area contributed by atoms with Crippen LogP contribution in [0.1, 0.15) is 150 Å². The molecule has 0 aromatic heterocycles. The van der Waals surface area contributed by atoms with Crippen molar-refractivity contribution in [3.05, 3.63) is 24.3 Å². The van der Waals surface area contributed by atoms with Crippen LogP contribution in [0.5, 0.6) is 0 Å². The smallest absolute Gasteiger partial charge is 0.308 e. The third kappa shape index (κ3) is 10.3. The summed E-state index contributed by atoms with van der Waals surface area (Å²) < 4.78 is 96.1. The quantitative estimate of drug-likeness (QED) is 0.221. The number of carbonyl (C=O) groups excluding carboxylic acids is 2. The number of carbonyl (C=O) groups is 2. The molecule has 0 aromatic rings. The third-order valence-electron chi connectivity index (χ3n) is 21.7. The molecule has 0 radical (unpaired) electrons. The lowest BCUT2D eigenvalue weighted by atomic mass is 9.79. The molecule has 19 nitrogen and oxygen atoms in total. The van der Waals surface area contributed by atoms with Gasteiger partial charge in [0.1, 0.15) is 42.4 Å². The molecule has 0 aromatic carbocycles. The average molecular weight is 1130 g/mol. The second kappa shape index (κ2) is 21.7. The minimum atomic E-state index is -0.965. The number of rotatable bonds is 7. The number of fused-ring (bicyclic) bond motifs is 9.